The van der Waals surface area contributed by atoms with Crippen molar-refractivity contribution in [1.82, 2.24) is 42.5 Å². The van der Waals surface area contributed by atoms with Crippen molar-refractivity contribution in [2.75, 3.05) is 157 Å². The average Bonchev–Trinajstić information content (AvgIpc) is 3.13. The fourth-order valence-electron chi connectivity index (χ4n) is 3.92. The maximum atomic E-state index is 5.38. The topological polar surface area (TPSA) is 304 Å². The standard InChI is InChI=1S/C10H26N4.C9H24N4.C8H22N4.C7H20N4/c11-5-3-9-13-7-1-2-8-14-10-4-6-12;10-4-1-6-12-8-3-9-13-7-2-5-11;9-3-1-5-11-7-8-12-6-2-4-10;8-2-6-10-4-1-5-11-7-3-9/h13-14H,1-12H2;12-13H,1-11H2;11-12H,1-10H2;10-11H,1-9H2. The summed E-state index contributed by atoms with van der Waals surface area (Å²) < 4.78 is 0. The summed E-state index contributed by atoms with van der Waals surface area (Å²) in [6.07, 6.45) is 11.2. The Labute approximate surface area is 309 Å². The predicted molar refractivity (Wildman–Crippen MR) is 222 cm³/mol. The third-order valence-corrected chi connectivity index (χ3v) is 6.84. The number of nitrogens with two attached hydrogens (primary N) is 8. The largest absolute Gasteiger partial charge is 0.330 e. The lowest BCUT2D eigenvalue weighted by Crippen LogP contribution is -2.29. The van der Waals surface area contributed by atoms with Crippen LogP contribution in [0.15, 0.2) is 0 Å². The number of hydrogen-bond donors (Lipinski definition) is 16. The first-order chi connectivity index (χ1) is 24.7. The van der Waals surface area contributed by atoms with Crippen LogP contribution in [0.4, 0.5) is 0 Å². The van der Waals surface area contributed by atoms with Crippen LogP contribution < -0.4 is 88.4 Å². The Bertz CT molecular complexity index is 458. The summed E-state index contributed by atoms with van der Waals surface area (Å²) in [6, 6.07) is 0. The Hall–Kier alpha value is -0.640. The lowest BCUT2D eigenvalue weighted by atomic mass is 10.3. The first-order valence-electron chi connectivity index (χ1n) is 19.9. The van der Waals surface area contributed by atoms with E-state index in [1.807, 2.05) is 0 Å². The summed E-state index contributed by atoms with van der Waals surface area (Å²) in [4.78, 5) is 0. The third kappa shape index (κ3) is 72.9. The van der Waals surface area contributed by atoms with E-state index < -0.39 is 0 Å². The lowest BCUT2D eigenvalue weighted by Gasteiger charge is -2.04. The Kier molecular flexibility index (Phi) is 71.2. The minimum absolute atomic E-state index is 0.718. The fourth-order valence-corrected chi connectivity index (χ4v) is 3.92. The van der Waals surface area contributed by atoms with Gasteiger partial charge in [-0.25, -0.2) is 0 Å². The molecule has 50 heavy (non-hydrogen) atoms. The molecule has 0 rings (SSSR count). The van der Waals surface area contributed by atoms with E-state index in [1.54, 1.807) is 0 Å². The molecule has 0 amide bonds. The molecule has 0 radical (unpaired) electrons. The van der Waals surface area contributed by atoms with Crippen LogP contribution in [0, 0.1) is 0 Å². The molecule has 0 spiro atoms. The molecule has 0 aliphatic heterocycles. The monoisotopic (exact) mass is 725 g/mol. The van der Waals surface area contributed by atoms with Crippen molar-refractivity contribution in [2.45, 2.75) is 64.2 Å². The molecule has 0 unspecified atom stereocenters. The Morgan fingerprint density at radius 1 is 0.160 bits per heavy atom. The molecular weight excluding hydrogens is 632 g/mol. The summed E-state index contributed by atoms with van der Waals surface area (Å²) in [6.45, 7) is 22.7. The van der Waals surface area contributed by atoms with Crippen LogP contribution >= 0.6 is 0 Å². The van der Waals surface area contributed by atoms with Gasteiger partial charge in [0.25, 0.3) is 0 Å². The zero-order chi connectivity index (χ0) is 37.7. The van der Waals surface area contributed by atoms with Gasteiger partial charge in [0.05, 0.1) is 0 Å². The van der Waals surface area contributed by atoms with Gasteiger partial charge in [-0.1, -0.05) is 0 Å². The number of hydrogen-bond acceptors (Lipinski definition) is 16. The molecule has 0 aromatic rings. The van der Waals surface area contributed by atoms with E-state index in [1.165, 1.54) is 19.3 Å². The van der Waals surface area contributed by atoms with Gasteiger partial charge in [-0.3, -0.25) is 0 Å². The summed E-state index contributed by atoms with van der Waals surface area (Å²) in [5.74, 6) is 0. The normalized spacial score (nSPS) is 10.6. The predicted octanol–water partition coefficient (Wildman–Crippen LogP) is -3.77. The molecule has 0 aromatic carbocycles. The van der Waals surface area contributed by atoms with E-state index in [2.05, 4.69) is 42.5 Å². The lowest BCUT2D eigenvalue weighted by molar-refractivity contribution is 0.570. The molecule has 0 fully saturated rings. The molecule has 0 saturated heterocycles. The van der Waals surface area contributed by atoms with Crippen LogP contribution in [0.3, 0.4) is 0 Å². The second-order valence-electron chi connectivity index (χ2n) is 11.8. The minimum Gasteiger partial charge on any atom is -0.330 e. The quantitative estimate of drug-likeness (QED) is 0.0272. The Morgan fingerprint density at radius 2 is 0.340 bits per heavy atom. The second-order valence-corrected chi connectivity index (χ2v) is 11.8. The van der Waals surface area contributed by atoms with Gasteiger partial charge in [-0.05, 0) is 182 Å². The molecule has 0 aliphatic carbocycles. The second kappa shape index (κ2) is 63.4. The van der Waals surface area contributed by atoms with Crippen molar-refractivity contribution in [3.8, 4) is 0 Å². The van der Waals surface area contributed by atoms with Gasteiger partial charge in [0.1, 0.15) is 0 Å². The van der Waals surface area contributed by atoms with Gasteiger partial charge in [0, 0.05) is 39.3 Å². The van der Waals surface area contributed by atoms with E-state index >= 15 is 0 Å². The van der Waals surface area contributed by atoms with Crippen molar-refractivity contribution in [3.05, 3.63) is 0 Å². The van der Waals surface area contributed by atoms with Gasteiger partial charge >= 0.3 is 0 Å². The molecule has 16 heteroatoms. The van der Waals surface area contributed by atoms with Crippen LogP contribution in [0.25, 0.3) is 0 Å². The Balaban J connectivity index is -0.000000283. The third-order valence-electron chi connectivity index (χ3n) is 6.84. The van der Waals surface area contributed by atoms with Crippen molar-refractivity contribution in [1.29, 1.82) is 0 Å². The van der Waals surface area contributed by atoms with Gasteiger partial charge in [-0.15, -0.1) is 0 Å². The summed E-state index contributed by atoms with van der Waals surface area (Å²) in [5, 5.41) is 26.4. The SMILES string of the molecule is NCCCNCCCCNCCCN.NCCCNCCCNCCCN.NCCCNCCNCCCN.NCCNCCCNCCN. The van der Waals surface area contributed by atoms with Gasteiger partial charge < -0.3 is 88.4 Å². The molecule has 308 valence electrons. The number of nitrogens with one attached hydrogen (secondary N) is 8. The van der Waals surface area contributed by atoms with E-state index in [-0.39, 0.29) is 0 Å². The molecule has 0 aliphatic rings. The van der Waals surface area contributed by atoms with Crippen LogP contribution in [-0.2, 0) is 0 Å². The van der Waals surface area contributed by atoms with E-state index in [9.17, 15) is 0 Å². The first kappa shape index (κ1) is 56.1. The number of rotatable bonds is 38. The summed E-state index contributed by atoms with van der Waals surface area (Å²) in [7, 11) is 0. The molecule has 0 atom stereocenters. The van der Waals surface area contributed by atoms with Crippen LogP contribution in [-0.4, -0.2) is 157 Å². The number of unbranched alkanes of at least 4 members (excludes halogenated alkanes) is 1. The fraction of sp³-hybridized carbons (Fsp3) is 1.00. The zero-order valence-corrected chi connectivity index (χ0v) is 32.7. The Morgan fingerprint density at radius 3 is 0.560 bits per heavy atom. The van der Waals surface area contributed by atoms with E-state index in [0.717, 1.165) is 202 Å². The molecule has 0 heterocycles. The molecule has 0 aromatic heterocycles. The minimum atomic E-state index is 0.718. The van der Waals surface area contributed by atoms with Crippen molar-refractivity contribution in [3.63, 3.8) is 0 Å². The van der Waals surface area contributed by atoms with Crippen LogP contribution in [0.2, 0.25) is 0 Å². The summed E-state index contributed by atoms with van der Waals surface area (Å²) in [5.41, 5.74) is 42.7. The average molecular weight is 725 g/mol. The van der Waals surface area contributed by atoms with Gasteiger partial charge in [0.2, 0.25) is 0 Å². The molecule has 16 nitrogen and oxygen atoms in total. The zero-order valence-electron chi connectivity index (χ0n) is 32.7. The molecular formula is C34H92N16. The maximum absolute atomic E-state index is 5.38. The maximum Gasteiger partial charge on any atom is 0.00767 e. The first-order valence-corrected chi connectivity index (χ1v) is 19.9. The van der Waals surface area contributed by atoms with Crippen molar-refractivity contribution < 1.29 is 0 Å². The van der Waals surface area contributed by atoms with E-state index in [0.29, 0.717) is 0 Å². The van der Waals surface area contributed by atoms with E-state index in [4.69, 9.17) is 45.9 Å². The van der Waals surface area contributed by atoms with Gasteiger partial charge in [0.15, 0.2) is 0 Å². The van der Waals surface area contributed by atoms with Crippen molar-refractivity contribution in [2.24, 2.45) is 45.9 Å². The smallest absolute Gasteiger partial charge is 0.00767 e. The molecule has 0 saturated carbocycles. The highest BCUT2D eigenvalue weighted by Crippen LogP contribution is 1.85. The van der Waals surface area contributed by atoms with Crippen LogP contribution in [0.5, 0.6) is 0 Å². The highest BCUT2D eigenvalue weighted by molar-refractivity contribution is 4.55. The molecule has 0 bridgehead atoms. The molecule has 24 N–H and O–H groups in total. The van der Waals surface area contributed by atoms with Crippen molar-refractivity contribution >= 4 is 0 Å². The van der Waals surface area contributed by atoms with Crippen LogP contribution in [0.1, 0.15) is 64.2 Å². The summed E-state index contributed by atoms with van der Waals surface area (Å²) >= 11 is 0. The van der Waals surface area contributed by atoms with Gasteiger partial charge in [-0.2, -0.15) is 0 Å². The highest BCUT2D eigenvalue weighted by atomic mass is 14.9. The highest BCUT2D eigenvalue weighted by Gasteiger charge is 1.91.